The van der Waals surface area contributed by atoms with Crippen LogP contribution in [0.5, 0.6) is 0 Å². The average molecular weight is 533 g/mol. The minimum Gasteiger partial charge on any atom is -0.444 e. The highest BCUT2D eigenvalue weighted by molar-refractivity contribution is 6.42. The number of hydrogen-bond acceptors (Lipinski definition) is 4. The maximum atomic E-state index is 13.0. The van der Waals surface area contributed by atoms with Crippen LogP contribution in [0.2, 0.25) is 10.0 Å². The van der Waals surface area contributed by atoms with Crippen LogP contribution in [0.25, 0.3) is 0 Å². The van der Waals surface area contributed by atoms with Crippen LogP contribution < -0.4 is 4.90 Å². The summed E-state index contributed by atoms with van der Waals surface area (Å²) in [6, 6.07) is 16.6. The second-order valence-electron chi connectivity index (χ2n) is 11.2. The molecule has 0 radical (unpaired) electrons. The summed E-state index contributed by atoms with van der Waals surface area (Å²) in [5.74, 6) is 0. The fourth-order valence-corrected chi connectivity index (χ4v) is 5.83. The van der Waals surface area contributed by atoms with Crippen LogP contribution in [-0.4, -0.2) is 67.3 Å². The zero-order chi connectivity index (χ0) is 25.8. The number of nitrogens with zero attached hydrogens (tertiary/aromatic N) is 3. The second-order valence-corrected chi connectivity index (χ2v) is 12.0. The zero-order valence-electron chi connectivity index (χ0n) is 21.8. The molecule has 0 saturated carbocycles. The van der Waals surface area contributed by atoms with E-state index in [0.717, 1.165) is 65.0 Å². The van der Waals surface area contributed by atoms with Gasteiger partial charge in [-0.2, -0.15) is 0 Å². The number of carbonyl (C=O) groups excluding carboxylic acids is 1. The molecule has 2 aliphatic heterocycles. The van der Waals surface area contributed by atoms with Gasteiger partial charge in [0.15, 0.2) is 0 Å². The third kappa shape index (κ3) is 6.87. The summed E-state index contributed by atoms with van der Waals surface area (Å²) in [4.78, 5) is 19.9. The molecule has 1 amide bonds. The highest BCUT2D eigenvalue weighted by Gasteiger charge is 2.40. The first-order chi connectivity index (χ1) is 17.2. The Bertz CT molecular complexity index is 1020. The van der Waals surface area contributed by atoms with Gasteiger partial charge in [0.25, 0.3) is 0 Å². The van der Waals surface area contributed by atoms with Gasteiger partial charge in [0.2, 0.25) is 0 Å². The maximum absolute atomic E-state index is 13.0. The van der Waals surface area contributed by atoms with Crippen LogP contribution >= 0.6 is 23.2 Å². The Labute approximate surface area is 226 Å². The van der Waals surface area contributed by atoms with E-state index >= 15 is 0 Å². The van der Waals surface area contributed by atoms with Crippen molar-refractivity contribution in [3.8, 4) is 0 Å². The third-order valence-electron chi connectivity index (χ3n) is 7.38. The highest BCUT2D eigenvalue weighted by Crippen LogP contribution is 2.41. The van der Waals surface area contributed by atoms with Gasteiger partial charge < -0.3 is 14.5 Å². The van der Waals surface area contributed by atoms with Gasteiger partial charge in [-0.3, -0.25) is 4.90 Å². The van der Waals surface area contributed by atoms with Gasteiger partial charge in [-0.05, 0) is 82.8 Å². The lowest BCUT2D eigenvalue weighted by atomic mass is 9.71. The van der Waals surface area contributed by atoms with Crippen molar-refractivity contribution in [3.05, 3.63) is 64.1 Å². The topological polar surface area (TPSA) is 36.0 Å². The van der Waals surface area contributed by atoms with Crippen molar-refractivity contribution in [2.24, 2.45) is 0 Å². The smallest absolute Gasteiger partial charge is 0.410 e. The van der Waals surface area contributed by atoms with E-state index < -0.39 is 5.60 Å². The number of anilines is 1. The van der Waals surface area contributed by atoms with E-state index in [0.29, 0.717) is 16.6 Å². The van der Waals surface area contributed by atoms with E-state index in [1.54, 1.807) is 0 Å². The first-order valence-electron chi connectivity index (χ1n) is 13.1. The van der Waals surface area contributed by atoms with E-state index in [1.165, 1.54) is 11.3 Å². The van der Waals surface area contributed by atoms with Crippen LogP contribution in [-0.2, 0) is 10.2 Å². The van der Waals surface area contributed by atoms with E-state index in [4.69, 9.17) is 27.9 Å². The molecule has 2 fully saturated rings. The summed E-state index contributed by atoms with van der Waals surface area (Å²) in [6.45, 7) is 12.4. The van der Waals surface area contributed by atoms with E-state index in [1.807, 2.05) is 37.8 Å². The Morgan fingerprint density at radius 3 is 2.36 bits per heavy atom. The molecule has 0 aromatic heterocycles. The molecule has 7 heteroatoms. The van der Waals surface area contributed by atoms with Crippen LogP contribution in [0.1, 0.15) is 52.0 Å². The molecule has 196 valence electrons. The molecule has 0 N–H and O–H groups in total. The fraction of sp³-hybridized carbons (Fsp3) is 0.552. The minimum atomic E-state index is -0.511. The number of rotatable bonds is 6. The predicted molar refractivity (Wildman–Crippen MR) is 150 cm³/mol. The van der Waals surface area contributed by atoms with Crippen LogP contribution in [0.4, 0.5) is 10.5 Å². The van der Waals surface area contributed by atoms with Crippen molar-refractivity contribution in [3.63, 3.8) is 0 Å². The second kappa shape index (κ2) is 11.6. The Hall–Kier alpha value is -1.95. The quantitative estimate of drug-likeness (QED) is 0.407. The number of likely N-dealkylation sites (tertiary alicyclic amines) is 1. The molecule has 2 aromatic carbocycles. The van der Waals surface area contributed by atoms with Gasteiger partial charge in [-0.15, -0.1) is 0 Å². The Morgan fingerprint density at radius 2 is 1.69 bits per heavy atom. The molecule has 2 aliphatic rings. The zero-order valence-corrected chi connectivity index (χ0v) is 23.3. The maximum Gasteiger partial charge on any atom is 0.410 e. The molecule has 0 aliphatic carbocycles. The van der Waals surface area contributed by atoms with E-state index in [2.05, 4.69) is 46.2 Å². The van der Waals surface area contributed by atoms with Crippen LogP contribution in [0.15, 0.2) is 48.5 Å². The van der Waals surface area contributed by atoms with Gasteiger partial charge in [0.05, 0.1) is 10.0 Å². The predicted octanol–water partition coefficient (Wildman–Crippen LogP) is 6.86. The average Bonchev–Trinajstić information content (AvgIpc) is 2.86. The third-order valence-corrected chi connectivity index (χ3v) is 8.12. The van der Waals surface area contributed by atoms with Crippen molar-refractivity contribution < 1.29 is 9.53 Å². The summed E-state index contributed by atoms with van der Waals surface area (Å²) in [5.41, 5.74) is 1.80. The lowest BCUT2D eigenvalue weighted by molar-refractivity contribution is 0.0123. The number of piperidine rings is 1. The van der Waals surface area contributed by atoms with Crippen molar-refractivity contribution in [1.29, 1.82) is 0 Å². The Kier molecular flexibility index (Phi) is 8.75. The first kappa shape index (κ1) is 27.1. The molecule has 1 unspecified atom stereocenters. The van der Waals surface area contributed by atoms with Crippen molar-refractivity contribution in [1.82, 2.24) is 9.80 Å². The minimum absolute atomic E-state index is 0.157. The molecule has 4 rings (SSSR count). The lowest BCUT2D eigenvalue weighted by Crippen LogP contribution is -2.50. The van der Waals surface area contributed by atoms with Crippen LogP contribution in [0, 0.1) is 0 Å². The van der Waals surface area contributed by atoms with E-state index in [-0.39, 0.29) is 11.5 Å². The fourth-order valence-electron chi connectivity index (χ4n) is 5.53. The molecular formula is C29H39Cl2N3O2. The number of para-hydroxylation sites is 1. The summed E-state index contributed by atoms with van der Waals surface area (Å²) < 4.78 is 5.72. The molecule has 0 spiro atoms. The molecule has 2 saturated heterocycles. The Morgan fingerprint density at radius 1 is 0.972 bits per heavy atom. The standard InChI is InChI=1S/C29H39Cl2N3O2/c1-28(2,3)36-27(35)34-16-8-14-29(22-34,23-11-12-25(30)26(31)21-23)13-7-15-32-17-19-33(20-18-32)24-9-5-4-6-10-24/h4-6,9-12,21H,7-8,13-20,22H2,1-3H3. The number of ether oxygens (including phenoxy) is 1. The summed E-state index contributed by atoms with van der Waals surface area (Å²) >= 11 is 12.7. The molecule has 0 bridgehead atoms. The van der Waals surface area contributed by atoms with Gasteiger partial charge >= 0.3 is 6.09 Å². The number of amides is 1. The van der Waals surface area contributed by atoms with E-state index in [9.17, 15) is 4.79 Å². The van der Waals surface area contributed by atoms with Gasteiger partial charge in [0.1, 0.15) is 5.60 Å². The number of carbonyl (C=O) groups is 1. The van der Waals surface area contributed by atoms with Crippen LogP contribution in [0.3, 0.4) is 0 Å². The number of halogens is 2. The largest absolute Gasteiger partial charge is 0.444 e. The molecule has 36 heavy (non-hydrogen) atoms. The van der Waals surface area contributed by atoms with Crippen molar-refractivity contribution in [2.45, 2.75) is 57.5 Å². The summed E-state index contributed by atoms with van der Waals surface area (Å²) in [7, 11) is 0. The monoisotopic (exact) mass is 531 g/mol. The Balaban J connectivity index is 1.42. The lowest BCUT2D eigenvalue weighted by Gasteiger charge is -2.44. The molecule has 1 atom stereocenters. The number of piperazine rings is 1. The highest BCUT2D eigenvalue weighted by atomic mass is 35.5. The van der Waals surface area contributed by atoms with Crippen molar-refractivity contribution in [2.75, 3.05) is 50.7 Å². The van der Waals surface area contributed by atoms with Gasteiger partial charge in [0, 0.05) is 50.4 Å². The molecule has 5 nitrogen and oxygen atoms in total. The van der Waals surface area contributed by atoms with Gasteiger partial charge in [-0.1, -0.05) is 47.5 Å². The van der Waals surface area contributed by atoms with Gasteiger partial charge in [-0.25, -0.2) is 4.79 Å². The molecular weight excluding hydrogens is 493 g/mol. The number of benzene rings is 2. The number of hydrogen-bond donors (Lipinski definition) is 0. The molecule has 2 heterocycles. The summed E-state index contributed by atoms with van der Waals surface area (Å²) in [5, 5.41) is 1.13. The summed E-state index contributed by atoms with van der Waals surface area (Å²) in [6.07, 6.45) is 3.78. The first-order valence-corrected chi connectivity index (χ1v) is 13.9. The molecule has 2 aromatic rings. The van der Waals surface area contributed by atoms with Crippen molar-refractivity contribution >= 4 is 35.0 Å². The SMILES string of the molecule is CC(C)(C)OC(=O)N1CCCC(CCCN2CCN(c3ccccc3)CC2)(c2ccc(Cl)c(Cl)c2)C1. The normalized spacial score (nSPS) is 21.5.